The summed E-state index contributed by atoms with van der Waals surface area (Å²) < 4.78 is 22.5. The third kappa shape index (κ3) is 8.77. The van der Waals surface area contributed by atoms with Crippen LogP contribution in [0.2, 0.25) is 0 Å². The van der Waals surface area contributed by atoms with Crippen molar-refractivity contribution in [2.45, 2.75) is 70.9 Å². The number of hydrogen-bond donors (Lipinski definition) is 0. The zero-order valence-corrected chi connectivity index (χ0v) is 23.8. The summed E-state index contributed by atoms with van der Waals surface area (Å²) in [6, 6.07) is 26.0. The highest BCUT2D eigenvalue weighted by Crippen LogP contribution is 2.30. The molecule has 0 aliphatic carbocycles. The Bertz CT molecular complexity index is 1250. The van der Waals surface area contributed by atoms with Gasteiger partial charge >= 0.3 is 11.9 Å². The van der Waals surface area contributed by atoms with Gasteiger partial charge in [0, 0.05) is 0 Å². The number of methoxy groups -OCH3 is 1. The Morgan fingerprint density at radius 2 is 1.45 bits per heavy atom. The summed E-state index contributed by atoms with van der Waals surface area (Å²) in [6.45, 7) is 4.30. The van der Waals surface area contributed by atoms with Gasteiger partial charge in [0.1, 0.15) is 12.5 Å². The van der Waals surface area contributed by atoms with Gasteiger partial charge in [0.25, 0.3) is 0 Å². The molecule has 1 fully saturated rings. The van der Waals surface area contributed by atoms with Gasteiger partial charge in [-0.2, -0.15) is 0 Å². The maximum absolute atomic E-state index is 13.0. The molecule has 40 heavy (non-hydrogen) atoms. The molecule has 0 N–H and O–H groups in total. The van der Waals surface area contributed by atoms with Gasteiger partial charge < -0.3 is 18.9 Å². The fourth-order valence-corrected chi connectivity index (χ4v) is 5.07. The largest absolute Gasteiger partial charge is 0.465 e. The van der Waals surface area contributed by atoms with Crippen molar-refractivity contribution >= 4 is 11.9 Å². The van der Waals surface area contributed by atoms with E-state index in [0.29, 0.717) is 12.0 Å². The SMILES string of the molecule is COC(=O)c1cccc(CCCCc2cccc(CC[C@H]3OC(C)(C)OC[C@H]3C(=O)OCc3ccccc3)c2)c1. The molecule has 0 radical (unpaired) electrons. The smallest absolute Gasteiger partial charge is 0.337 e. The van der Waals surface area contributed by atoms with Crippen LogP contribution in [0.5, 0.6) is 0 Å². The molecule has 0 saturated carbocycles. The van der Waals surface area contributed by atoms with Crippen molar-refractivity contribution in [2.75, 3.05) is 13.7 Å². The Kier molecular flexibility index (Phi) is 10.5. The van der Waals surface area contributed by atoms with Gasteiger partial charge in [0.05, 0.1) is 25.4 Å². The summed E-state index contributed by atoms with van der Waals surface area (Å²) in [5.41, 5.74) is 5.22. The van der Waals surface area contributed by atoms with Crippen LogP contribution in [-0.2, 0) is 49.6 Å². The molecule has 1 heterocycles. The topological polar surface area (TPSA) is 71.1 Å². The van der Waals surface area contributed by atoms with Crippen molar-refractivity contribution in [3.63, 3.8) is 0 Å². The van der Waals surface area contributed by atoms with E-state index in [2.05, 4.69) is 30.3 Å². The van der Waals surface area contributed by atoms with Crippen molar-refractivity contribution in [3.05, 3.63) is 107 Å². The first-order valence-electron chi connectivity index (χ1n) is 14.1. The summed E-state index contributed by atoms with van der Waals surface area (Å²) >= 11 is 0. The van der Waals surface area contributed by atoms with Crippen LogP contribution < -0.4 is 0 Å². The van der Waals surface area contributed by atoms with Crippen molar-refractivity contribution in [1.29, 1.82) is 0 Å². The standard InChI is InChI=1S/C34H40O6/c1-34(2)39-24-30(33(36)38-23-28-13-5-4-6-14-28)31(40-34)20-19-27-16-9-15-25(21-27)11-7-8-12-26-17-10-18-29(22-26)32(35)37-3/h4-6,9-10,13-18,21-22,30-31H,7-8,11-12,19-20,23-24H2,1-3H3/t30-,31-/m1/s1. The number of ether oxygens (including phenoxy) is 4. The van der Waals surface area contributed by atoms with Crippen molar-refractivity contribution in [1.82, 2.24) is 0 Å². The van der Waals surface area contributed by atoms with Gasteiger partial charge in [-0.25, -0.2) is 4.79 Å². The lowest BCUT2D eigenvalue weighted by molar-refractivity contribution is -0.292. The van der Waals surface area contributed by atoms with E-state index in [1.165, 1.54) is 18.2 Å². The Balaban J connectivity index is 1.28. The van der Waals surface area contributed by atoms with Gasteiger partial charge in [-0.1, -0.05) is 66.7 Å². The van der Waals surface area contributed by atoms with Crippen LogP contribution in [0.15, 0.2) is 78.9 Å². The first-order chi connectivity index (χ1) is 19.3. The second kappa shape index (κ2) is 14.2. The molecule has 1 saturated heterocycles. The zero-order chi connectivity index (χ0) is 28.4. The molecule has 1 aliphatic heterocycles. The molecule has 4 rings (SSSR count). The Labute approximate surface area is 237 Å². The molecule has 212 valence electrons. The van der Waals surface area contributed by atoms with Crippen LogP contribution in [0, 0.1) is 5.92 Å². The molecule has 6 nitrogen and oxygen atoms in total. The molecule has 0 bridgehead atoms. The quantitative estimate of drug-likeness (QED) is 0.192. The summed E-state index contributed by atoms with van der Waals surface area (Å²) in [5, 5.41) is 0. The summed E-state index contributed by atoms with van der Waals surface area (Å²) in [4.78, 5) is 24.7. The molecule has 3 aromatic rings. The van der Waals surface area contributed by atoms with E-state index in [4.69, 9.17) is 18.9 Å². The highest BCUT2D eigenvalue weighted by atomic mass is 16.7. The van der Waals surface area contributed by atoms with E-state index in [-0.39, 0.29) is 31.3 Å². The molecular formula is C34H40O6. The lowest BCUT2D eigenvalue weighted by Crippen LogP contribution is -2.49. The number of carbonyl (C=O) groups is 2. The fraction of sp³-hybridized carbons (Fsp3) is 0.412. The summed E-state index contributed by atoms with van der Waals surface area (Å²) in [6.07, 6.45) is 5.22. The highest BCUT2D eigenvalue weighted by Gasteiger charge is 2.40. The Hall–Kier alpha value is -3.48. The molecular weight excluding hydrogens is 504 g/mol. The number of benzene rings is 3. The van der Waals surface area contributed by atoms with Gasteiger partial charge in [-0.3, -0.25) is 4.79 Å². The van der Waals surface area contributed by atoms with Crippen molar-refractivity contribution in [3.8, 4) is 0 Å². The predicted octanol–water partition coefficient (Wildman–Crippen LogP) is 6.48. The van der Waals surface area contributed by atoms with E-state index in [0.717, 1.165) is 43.2 Å². The van der Waals surface area contributed by atoms with E-state index >= 15 is 0 Å². The molecule has 0 unspecified atom stereocenters. The van der Waals surface area contributed by atoms with E-state index in [1.807, 2.05) is 56.3 Å². The van der Waals surface area contributed by atoms with Gasteiger partial charge in [0.15, 0.2) is 5.79 Å². The predicted molar refractivity (Wildman–Crippen MR) is 154 cm³/mol. The first kappa shape index (κ1) is 29.5. The lowest BCUT2D eigenvalue weighted by atomic mass is 9.94. The Morgan fingerprint density at radius 1 is 0.825 bits per heavy atom. The minimum Gasteiger partial charge on any atom is -0.465 e. The second-order valence-electron chi connectivity index (χ2n) is 10.8. The van der Waals surface area contributed by atoms with E-state index in [9.17, 15) is 9.59 Å². The number of esters is 2. The van der Waals surface area contributed by atoms with Crippen molar-refractivity contribution in [2.24, 2.45) is 5.92 Å². The van der Waals surface area contributed by atoms with Gasteiger partial charge in [-0.15, -0.1) is 0 Å². The number of unbranched alkanes of at least 4 members (excludes halogenated alkanes) is 1. The fourth-order valence-electron chi connectivity index (χ4n) is 5.07. The monoisotopic (exact) mass is 544 g/mol. The maximum atomic E-state index is 13.0. The third-order valence-corrected chi connectivity index (χ3v) is 7.26. The number of aryl methyl sites for hydroxylation is 3. The highest BCUT2D eigenvalue weighted by molar-refractivity contribution is 5.89. The van der Waals surface area contributed by atoms with Crippen LogP contribution in [0.4, 0.5) is 0 Å². The second-order valence-corrected chi connectivity index (χ2v) is 10.8. The molecule has 1 aliphatic rings. The van der Waals surface area contributed by atoms with Crippen LogP contribution in [-0.4, -0.2) is 37.5 Å². The molecule has 3 aromatic carbocycles. The minimum atomic E-state index is -0.737. The normalized spacial score (nSPS) is 18.2. The van der Waals surface area contributed by atoms with Crippen molar-refractivity contribution < 1.29 is 28.5 Å². The third-order valence-electron chi connectivity index (χ3n) is 7.26. The molecule has 0 amide bonds. The molecule has 2 atom stereocenters. The van der Waals surface area contributed by atoms with Crippen LogP contribution in [0.3, 0.4) is 0 Å². The van der Waals surface area contributed by atoms with Crippen LogP contribution >= 0.6 is 0 Å². The summed E-state index contributed by atoms with van der Waals surface area (Å²) in [5.74, 6) is -1.78. The zero-order valence-electron chi connectivity index (χ0n) is 23.8. The van der Waals surface area contributed by atoms with Gasteiger partial charge in [0.2, 0.25) is 0 Å². The Morgan fingerprint density at radius 3 is 2.15 bits per heavy atom. The minimum absolute atomic E-state index is 0.241. The van der Waals surface area contributed by atoms with E-state index < -0.39 is 11.7 Å². The molecule has 0 spiro atoms. The number of carbonyl (C=O) groups excluding carboxylic acids is 2. The van der Waals surface area contributed by atoms with Crippen LogP contribution in [0.25, 0.3) is 0 Å². The first-order valence-corrected chi connectivity index (χ1v) is 14.1. The summed E-state index contributed by atoms with van der Waals surface area (Å²) in [7, 11) is 1.40. The average Bonchev–Trinajstić information content (AvgIpc) is 2.97. The van der Waals surface area contributed by atoms with E-state index in [1.54, 1.807) is 6.07 Å². The number of rotatable bonds is 12. The molecule has 0 aromatic heterocycles. The number of hydrogen-bond acceptors (Lipinski definition) is 6. The maximum Gasteiger partial charge on any atom is 0.337 e. The lowest BCUT2D eigenvalue weighted by Gasteiger charge is -2.40. The van der Waals surface area contributed by atoms with Gasteiger partial charge in [-0.05, 0) is 86.8 Å². The molecule has 6 heteroatoms. The van der Waals surface area contributed by atoms with Crippen LogP contribution in [0.1, 0.15) is 65.7 Å². The average molecular weight is 545 g/mol.